The number of aryl methyl sites for hydroxylation is 1. The first-order valence-corrected chi connectivity index (χ1v) is 4.81. The minimum atomic E-state index is -4.30. The quantitative estimate of drug-likeness (QED) is 0.671. The Balaban J connectivity index is 3.15. The van der Waals surface area contributed by atoms with Crippen LogP contribution in [-0.4, -0.2) is 5.88 Å². The Morgan fingerprint density at radius 1 is 1.40 bits per heavy atom. The highest BCUT2D eigenvalue weighted by molar-refractivity contribution is 6.23. The number of hydrogen-bond acceptors (Lipinski definition) is 0. The molecule has 4 heteroatoms. The van der Waals surface area contributed by atoms with E-state index in [0.717, 1.165) is 12.1 Å². The average Bonchev–Trinajstić information content (AvgIpc) is 2.15. The third-order valence-corrected chi connectivity index (χ3v) is 2.42. The van der Waals surface area contributed by atoms with E-state index in [1.807, 2.05) is 0 Å². The van der Waals surface area contributed by atoms with Gasteiger partial charge in [0.2, 0.25) is 0 Å². The van der Waals surface area contributed by atoms with E-state index >= 15 is 0 Å². The summed E-state index contributed by atoms with van der Waals surface area (Å²) in [5.74, 6) is 0.214. The Morgan fingerprint density at radius 3 is 2.40 bits per heavy atom. The zero-order valence-electron chi connectivity index (χ0n) is 8.16. The Morgan fingerprint density at radius 2 is 2.00 bits per heavy atom. The van der Waals surface area contributed by atoms with Gasteiger partial charge >= 0.3 is 6.18 Å². The molecule has 0 spiro atoms. The lowest BCUT2D eigenvalue weighted by atomic mass is 10.0. The number of allylic oxidation sites excluding steroid dienone is 1. The Kier molecular flexibility index (Phi) is 3.45. The van der Waals surface area contributed by atoms with Crippen LogP contribution in [0.15, 0.2) is 24.8 Å². The Hall–Kier alpha value is -0.960. The van der Waals surface area contributed by atoms with Crippen molar-refractivity contribution < 1.29 is 13.2 Å². The molecule has 0 heterocycles. The molecule has 0 fully saturated rings. The summed E-state index contributed by atoms with van der Waals surface area (Å²) in [5.41, 5.74) is 1.20. The molecule has 0 unspecified atom stereocenters. The van der Waals surface area contributed by atoms with E-state index in [1.54, 1.807) is 6.92 Å². The number of halogens is 4. The van der Waals surface area contributed by atoms with Crippen molar-refractivity contribution in [1.82, 2.24) is 0 Å². The molecule has 0 amide bonds. The van der Waals surface area contributed by atoms with Gasteiger partial charge in [-0.25, -0.2) is 0 Å². The van der Waals surface area contributed by atoms with Gasteiger partial charge in [0.1, 0.15) is 0 Å². The molecule has 0 aliphatic heterocycles. The smallest absolute Gasteiger partial charge is 0.166 e. The Bertz CT molecular complexity index is 380. The topological polar surface area (TPSA) is 0 Å². The lowest BCUT2D eigenvalue weighted by molar-refractivity contribution is -0.137. The Labute approximate surface area is 91.4 Å². The second-order valence-corrected chi connectivity index (χ2v) is 3.53. The van der Waals surface area contributed by atoms with Gasteiger partial charge in [-0.3, -0.25) is 0 Å². The van der Waals surface area contributed by atoms with E-state index < -0.39 is 11.7 Å². The summed E-state index contributed by atoms with van der Waals surface area (Å²) in [6, 6.07) is 3.55. The number of hydrogen-bond donors (Lipinski definition) is 0. The maximum atomic E-state index is 12.3. The van der Waals surface area contributed by atoms with Crippen LogP contribution in [-0.2, 0) is 6.18 Å². The summed E-state index contributed by atoms with van der Waals surface area (Å²) in [5, 5.41) is 0. The number of rotatable bonds is 2. The first-order valence-electron chi connectivity index (χ1n) is 4.28. The van der Waals surface area contributed by atoms with Crippen LogP contribution in [0.25, 0.3) is 5.57 Å². The van der Waals surface area contributed by atoms with Gasteiger partial charge in [-0.15, -0.1) is 11.6 Å². The second-order valence-electron chi connectivity index (χ2n) is 3.26. The summed E-state index contributed by atoms with van der Waals surface area (Å²) in [7, 11) is 0. The first kappa shape index (κ1) is 12.1. The highest BCUT2D eigenvalue weighted by atomic mass is 35.5. The van der Waals surface area contributed by atoms with Gasteiger partial charge in [-0.1, -0.05) is 12.6 Å². The largest absolute Gasteiger partial charge is 0.416 e. The van der Waals surface area contributed by atoms with Gasteiger partial charge in [-0.05, 0) is 35.8 Å². The average molecular weight is 235 g/mol. The molecule has 1 aromatic rings. The van der Waals surface area contributed by atoms with Crippen molar-refractivity contribution >= 4 is 17.2 Å². The van der Waals surface area contributed by atoms with Crippen molar-refractivity contribution in [3.05, 3.63) is 41.5 Å². The highest BCUT2D eigenvalue weighted by Crippen LogP contribution is 2.31. The SMILES string of the molecule is C=C(CCl)c1ccc(C(F)(F)F)cc1C. The minimum Gasteiger partial charge on any atom is -0.166 e. The fraction of sp³-hybridized carbons (Fsp3) is 0.273. The molecule has 0 nitrogen and oxygen atoms in total. The van der Waals surface area contributed by atoms with Crippen LogP contribution in [0.1, 0.15) is 16.7 Å². The van der Waals surface area contributed by atoms with Crippen LogP contribution in [0, 0.1) is 6.92 Å². The standard InChI is InChI=1S/C11H10ClF3/c1-7-5-9(11(13,14)15)3-4-10(7)8(2)6-12/h3-5H,2,6H2,1H3. The molecule has 1 aromatic carbocycles. The molecule has 82 valence electrons. The third-order valence-electron chi connectivity index (χ3n) is 2.10. The predicted molar refractivity (Wildman–Crippen MR) is 55.9 cm³/mol. The molecular weight excluding hydrogens is 225 g/mol. The van der Waals surface area contributed by atoms with Gasteiger partial charge < -0.3 is 0 Å². The van der Waals surface area contributed by atoms with Crippen molar-refractivity contribution in [1.29, 1.82) is 0 Å². The van der Waals surface area contributed by atoms with E-state index in [9.17, 15) is 13.2 Å². The lowest BCUT2D eigenvalue weighted by Gasteiger charge is -2.11. The maximum Gasteiger partial charge on any atom is 0.416 e. The lowest BCUT2D eigenvalue weighted by Crippen LogP contribution is -2.05. The van der Waals surface area contributed by atoms with Crippen LogP contribution in [0.5, 0.6) is 0 Å². The zero-order chi connectivity index (χ0) is 11.6. The fourth-order valence-corrected chi connectivity index (χ4v) is 1.45. The van der Waals surface area contributed by atoms with Crippen molar-refractivity contribution in [3.8, 4) is 0 Å². The van der Waals surface area contributed by atoms with Gasteiger partial charge in [0.15, 0.2) is 0 Å². The van der Waals surface area contributed by atoms with Crippen LogP contribution in [0.2, 0.25) is 0 Å². The van der Waals surface area contributed by atoms with E-state index in [-0.39, 0.29) is 5.88 Å². The summed E-state index contributed by atoms with van der Waals surface area (Å²) >= 11 is 5.57. The van der Waals surface area contributed by atoms with Gasteiger partial charge in [0.05, 0.1) is 5.56 Å². The first-order chi connectivity index (χ1) is 6.86. The summed E-state index contributed by atoms with van der Waals surface area (Å²) < 4.78 is 37.0. The molecule has 0 saturated heterocycles. The van der Waals surface area contributed by atoms with Gasteiger partial charge in [0, 0.05) is 5.88 Å². The van der Waals surface area contributed by atoms with Crippen molar-refractivity contribution in [3.63, 3.8) is 0 Å². The van der Waals surface area contributed by atoms with Gasteiger partial charge in [0.25, 0.3) is 0 Å². The zero-order valence-corrected chi connectivity index (χ0v) is 8.91. The monoisotopic (exact) mass is 234 g/mol. The van der Waals surface area contributed by atoms with E-state index in [4.69, 9.17) is 11.6 Å². The molecule has 0 aliphatic rings. The second kappa shape index (κ2) is 4.27. The van der Waals surface area contributed by atoms with Crippen LogP contribution < -0.4 is 0 Å². The number of benzene rings is 1. The molecule has 0 saturated carbocycles. The molecule has 0 atom stereocenters. The van der Waals surface area contributed by atoms with Gasteiger partial charge in [-0.2, -0.15) is 13.2 Å². The minimum absolute atomic E-state index is 0.214. The van der Waals surface area contributed by atoms with Crippen LogP contribution in [0.4, 0.5) is 13.2 Å². The molecule has 1 rings (SSSR count). The normalized spacial score (nSPS) is 11.5. The molecule has 0 aromatic heterocycles. The maximum absolute atomic E-state index is 12.3. The molecule has 0 N–H and O–H groups in total. The van der Waals surface area contributed by atoms with Crippen LogP contribution >= 0.6 is 11.6 Å². The highest BCUT2D eigenvalue weighted by Gasteiger charge is 2.30. The molecule has 0 aliphatic carbocycles. The fourth-order valence-electron chi connectivity index (χ4n) is 1.31. The molecule has 15 heavy (non-hydrogen) atoms. The van der Waals surface area contributed by atoms with Crippen LogP contribution in [0.3, 0.4) is 0 Å². The number of alkyl halides is 4. The van der Waals surface area contributed by atoms with E-state index in [0.29, 0.717) is 16.7 Å². The third kappa shape index (κ3) is 2.75. The summed E-state index contributed by atoms with van der Waals surface area (Å²) in [6.45, 7) is 5.30. The van der Waals surface area contributed by atoms with Crippen molar-refractivity contribution in [2.45, 2.75) is 13.1 Å². The van der Waals surface area contributed by atoms with Crippen molar-refractivity contribution in [2.24, 2.45) is 0 Å². The van der Waals surface area contributed by atoms with E-state index in [1.165, 1.54) is 6.07 Å². The predicted octanol–water partition coefficient (Wildman–Crippen LogP) is 4.27. The van der Waals surface area contributed by atoms with Crippen molar-refractivity contribution in [2.75, 3.05) is 5.88 Å². The molecule has 0 radical (unpaired) electrons. The van der Waals surface area contributed by atoms with E-state index in [2.05, 4.69) is 6.58 Å². The summed E-state index contributed by atoms with van der Waals surface area (Å²) in [4.78, 5) is 0. The summed E-state index contributed by atoms with van der Waals surface area (Å²) in [6.07, 6.45) is -4.30. The molecule has 0 bridgehead atoms. The molecular formula is C11H10ClF3.